The highest BCUT2D eigenvalue weighted by molar-refractivity contribution is 5.89. The van der Waals surface area contributed by atoms with Gasteiger partial charge in [-0.1, -0.05) is 30.0 Å². The standard InChI is InChI=1S/C18H14F4N2O2/c19-15-8-1-2-9-16(15)26-11-4-3-10-23-17(25)24-14-7-5-6-13(12-14)18(20,21)22/h1-2,5-9,12H,10-11H2,(H2,23,24,25). The van der Waals surface area contributed by atoms with Gasteiger partial charge in [-0.05, 0) is 30.3 Å². The minimum atomic E-state index is -4.49. The molecule has 0 atom stereocenters. The molecule has 0 aliphatic rings. The van der Waals surface area contributed by atoms with E-state index in [-0.39, 0.29) is 24.6 Å². The van der Waals surface area contributed by atoms with Crippen LogP contribution in [0.5, 0.6) is 5.75 Å². The molecule has 0 fully saturated rings. The van der Waals surface area contributed by atoms with E-state index in [2.05, 4.69) is 22.5 Å². The summed E-state index contributed by atoms with van der Waals surface area (Å²) in [6.07, 6.45) is -4.49. The molecule has 136 valence electrons. The van der Waals surface area contributed by atoms with Crippen LogP contribution in [0.4, 0.5) is 28.0 Å². The van der Waals surface area contributed by atoms with Crippen molar-refractivity contribution in [2.24, 2.45) is 0 Å². The average Bonchev–Trinajstić information content (AvgIpc) is 2.59. The van der Waals surface area contributed by atoms with Crippen LogP contribution in [0.25, 0.3) is 0 Å². The summed E-state index contributed by atoms with van der Waals surface area (Å²) in [5.41, 5.74) is -0.853. The van der Waals surface area contributed by atoms with E-state index in [1.807, 2.05) is 0 Å². The number of carbonyl (C=O) groups is 1. The lowest BCUT2D eigenvalue weighted by Gasteiger charge is -2.09. The fourth-order valence-corrected chi connectivity index (χ4v) is 1.86. The Bertz CT molecular complexity index is 826. The highest BCUT2D eigenvalue weighted by atomic mass is 19.4. The normalized spacial score (nSPS) is 10.5. The highest BCUT2D eigenvalue weighted by Crippen LogP contribution is 2.30. The van der Waals surface area contributed by atoms with Crippen molar-refractivity contribution in [2.75, 3.05) is 18.5 Å². The van der Waals surface area contributed by atoms with Gasteiger partial charge in [0.1, 0.15) is 6.61 Å². The fourth-order valence-electron chi connectivity index (χ4n) is 1.86. The Hall–Kier alpha value is -3.21. The Kier molecular flexibility index (Phi) is 6.44. The molecule has 26 heavy (non-hydrogen) atoms. The number of rotatable bonds is 4. The number of alkyl halides is 3. The zero-order valence-corrected chi connectivity index (χ0v) is 13.4. The third-order valence-electron chi connectivity index (χ3n) is 3.05. The first-order valence-corrected chi connectivity index (χ1v) is 7.41. The molecule has 0 saturated heterocycles. The van der Waals surface area contributed by atoms with E-state index >= 15 is 0 Å². The maximum Gasteiger partial charge on any atom is 0.416 e. The van der Waals surface area contributed by atoms with Crippen molar-refractivity contribution in [3.05, 3.63) is 59.9 Å². The molecule has 4 nitrogen and oxygen atoms in total. The van der Waals surface area contributed by atoms with Gasteiger partial charge in [-0.3, -0.25) is 0 Å². The van der Waals surface area contributed by atoms with Crippen molar-refractivity contribution in [1.29, 1.82) is 0 Å². The first kappa shape index (κ1) is 19.1. The van der Waals surface area contributed by atoms with E-state index in [0.29, 0.717) is 0 Å². The number of halogens is 4. The Morgan fingerprint density at radius 2 is 1.85 bits per heavy atom. The molecule has 2 N–H and O–H groups in total. The summed E-state index contributed by atoms with van der Waals surface area (Å²) in [4.78, 5) is 11.6. The lowest BCUT2D eigenvalue weighted by atomic mass is 10.2. The Labute approximate surface area is 147 Å². The molecule has 0 aliphatic carbocycles. The van der Waals surface area contributed by atoms with E-state index < -0.39 is 23.6 Å². The third kappa shape index (κ3) is 6.02. The average molecular weight is 366 g/mol. The zero-order valence-electron chi connectivity index (χ0n) is 13.4. The van der Waals surface area contributed by atoms with Gasteiger partial charge < -0.3 is 15.4 Å². The first-order valence-electron chi connectivity index (χ1n) is 7.41. The highest BCUT2D eigenvalue weighted by Gasteiger charge is 2.30. The predicted molar refractivity (Wildman–Crippen MR) is 88.1 cm³/mol. The van der Waals surface area contributed by atoms with Gasteiger partial charge in [0.25, 0.3) is 0 Å². The van der Waals surface area contributed by atoms with Crippen LogP contribution in [0.3, 0.4) is 0 Å². The second kappa shape index (κ2) is 8.76. The molecule has 2 rings (SSSR count). The van der Waals surface area contributed by atoms with Crippen LogP contribution >= 0.6 is 0 Å². The van der Waals surface area contributed by atoms with E-state index in [0.717, 1.165) is 12.1 Å². The molecule has 8 heteroatoms. The third-order valence-corrected chi connectivity index (χ3v) is 3.05. The molecule has 0 unspecified atom stereocenters. The summed E-state index contributed by atoms with van der Waals surface area (Å²) in [5.74, 6) is 4.72. The van der Waals surface area contributed by atoms with Gasteiger partial charge in [0.2, 0.25) is 0 Å². The zero-order chi connectivity index (χ0) is 19.0. The molecule has 0 spiro atoms. The monoisotopic (exact) mass is 366 g/mol. The maximum absolute atomic E-state index is 13.3. The van der Waals surface area contributed by atoms with Gasteiger partial charge >= 0.3 is 12.2 Å². The van der Waals surface area contributed by atoms with Crippen molar-refractivity contribution in [3.63, 3.8) is 0 Å². The number of amides is 2. The van der Waals surface area contributed by atoms with E-state index in [4.69, 9.17) is 4.74 Å². The van der Waals surface area contributed by atoms with Crippen LogP contribution < -0.4 is 15.4 Å². The first-order chi connectivity index (χ1) is 12.4. The number of anilines is 1. The molecule has 0 heterocycles. The summed E-state index contributed by atoms with van der Waals surface area (Å²) in [5, 5.41) is 4.64. The van der Waals surface area contributed by atoms with Gasteiger partial charge in [-0.25, -0.2) is 9.18 Å². The van der Waals surface area contributed by atoms with Crippen molar-refractivity contribution >= 4 is 11.7 Å². The molecule has 2 aromatic carbocycles. The molecule has 0 aromatic heterocycles. The molecular weight excluding hydrogens is 352 g/mol. The van der Waals surface area contributed by atoms with Crippen LogP contribution in [0, 0.1) is 17.7 Å². The van der Waals surface area contributed by atoms with E-state index in [9.17, 15) is 22.4 Å². The van der Waals surface area contributed by atoms with Gasteiger partial charge in [0, 0.05) is 5.69 Å². The van der Waals surface area contributed by atoms with Crippen molar-refractivity contribution in [2.45, 2.75) is 6.18 Å². The van der Waals surface area contributed by atoms with Gasteiger partial charge in [0.15, 0.2) is 11.6 Å². The summed E-state index contributed by atoms with van der Waals surface area (Å²) in [6.45, 7) is -0.122. The molecule has 2 aromatic rings. The Morgan fingerprint density at radius 3 is 2.58 bits per heavy atom. The number of urea groups is 1. The molecule has 0 aliphatic heterocycles. The Morgan fingerprint density at radius 1 is 1.08 bits per heavy atom. The number of hydrogen-bond donors (Lipinski definition) is 2. The molecule has 0 radical (unpaired) electrons. The molecule has 2 amide bonds. The minimum absolute atomic E-state index is 0.00757. The van der Waals surface area contributed by atoms with Gasteiger partial charge in [-0.2, -0.15) is 13.2 Å². The van der Waals surface area contributed by atoms with Crippen LogP contribution in [0.15, 0.2) is 48.5 Å². The largest absolute Gasteiger partial charge is 0.478 e. The number of ether oxygens (including phenoxy) is 1. The second-order valence-electron chi connectivity index (χ2n) is 4.96. The van der Waals surface area contributed by atoms with Crippen LogP contribution in [0.2, 0.25) is 0 Å². The van der Waals surface area contributed by atoms with Gasteiger partial charge in [-0.15, -0.1) is 0 Å². The second-order valence-corrected chi connectivity index (χ2v) is 4.96. The number of carbonyl (C=O) groups excluding carboxylic acids is 1. The fraction of sp³-hybridized carbons (Fsp3) is 0.167. The van der Waals surface area contributed by atoms with Crippen LogP contribution in [0.1, 0.15) is 5.56 Å². The summed E-state index contributed by atoms with van der Waals surface area (Å²) >= 11 is 0. The minimum Gasteiger partial charge on any atom is -0.478 e. The van der Waals surface area contributed by atoms with Crippen molar-refractivity contribution < 1.29 is 27.1 Å². The topological polar surface area (TPSA) is 50.4 Å². The van der Waals surface area contributed by atoms with Crippen molar-refractivity contribution in [3.8, 4) is 17.6 Å². The number of nitrogens with one attached hydrogen (secondary N) is 2. The van der Waals surface area contributed by atoms with E-state index in [1.54, 1.807) is 6.07 Å². The quantitative estimate of drug-likeness (QED) is 0.634. The number of para-hydroxylation sites is 1. The number of hydrogen-bond acceptors (Lipinski definition) is 2. The van der Waals surface area contributed by atoms with Crippen LogP contribution in [-0.2, 0) is 6.18 Å². The lowest BCUT2D eigenvalue weighted by molar-refractivity contribution is -0.137. The number of benzene rings is 2. The summed E-state index contributed by atoms with van der Waals surface area (Å²) in [6, 6.07) is 9.42. The van der Waals surface area contributed by atoms with Crippen molar-refractivity contribution in [1.82, 2.24) is 5.32 Å². The molecule has 0 bridgehead atoms. The van der Waals surface area contributed by atoms with Crippen LogP contribution in [-0.4, -0.2) is 19.2 Å². The maximum atomic E-state index is 13.3. The van der Waals surface area contributed by atoms with Gasteiger partial charge in [0.05, 0.1) is 12.1 Å². The predicted octanol–water partition coefficient (Wildman–Crippen LogP) is 4.05. The summed E-state index contributed by atoms with van der Waals surface area (Å²) < 4.78 is 56.1. The molecule has 0 saturated carbocycles. The van der Waals surface area contributed by atoms with E-state index in [1.165, 1.54) is 30.3 Å². The Balaban J connectivity index is 1.75. The smallest absolute Gasteiger partial charge is 0.416 e. The summed E-state index contributed by atoms with van der Waals surface area (Å²) in [7, 11) is 0. The SMILES string of the molecule is O=C(NCC#CCOc1ccccc1F)Nc1cccc(C(F)(F)F)c1. The molecular formula is C18H14F4N2O2. The lowest BCUT2D eigenvalue weighted by Crippen LogP contribution is -2.29.